The Morgan fingerprint density at radius 2 is 2.16 bits per heavy atom. The number of hydrogen-bond donors (Lipinski definition) is 2. The number of rotatable bonds is 7. The Balaban J connectivity index is 1.78. The van der Waals surface area contributed by atoms with E-state index in [4.69, 9.17) is 14.7 Å². The Hall–Kier alpha value is -1.99. The predicted molar refractivity (Wildman–Crippen MR) is 97.8 cm³/mol. The Labute approximate surface area is 149 Å². The van der Waals surface area contributed by atoms with E-state index in [0.717, 1.165) is 49.8 Å². The Kier molecular flexibility index (Phi) is 5.99. The summed E-state index contributed by atoms with van der Waals surface area (Å²) in [6.07, 6.45) is 5.83. The lowest BCUT2D eigenvalue weighted by Gasteiger charge is -2.18. The van der Waals surface area contributed by atoms with Crippen molar-refractivity contribution in [2.24, 2.45) is 0 Å². The largest absolute Gasteiger partial charge is 0.374 e. The topological polar surface area (TPSA) is 76.9 Å². The van der Waals surface area contributed by atoms with Gasteiger partial charge in [-0.05, 0) is 39.3 Å². The van der Waals surface area contributed by atoms with Crippen molar-refractivity contribution < 1.29 is 4.74 Å². The molecule has 25 heavy (non-hydrogen) atoms. The van der Waals surface area contributed by atoms with Gasteiger partial charge in [0.2, 0.25) is 0 Å². The number of ether oxygens (including phenoxy) is 1. The zero-order chi connectivity index (χ0) is 17.6. The van der Waals surface area contributed by atoms with Gasteiger partial charge in [0.1, 0.15) is 12.4 Å². The first kappa shape index (κ1) is 17.8. The van der Waals surface area contributed by atoms with E-state index in [1.54, 1.807) is 0 Å². The van der Waals surface area contributed by atoms with Gasteiger partial charge < -0.3 is 15.4 Å². The van der Waals surface area contributed by atoms with Crippen LogP contribution in [0.3, 0.4) is 0 Å². The second-order valence-corrected chi connectivity index (χ2v) is 6.53. The molecule has 0 saturated carbocycles. The van der Waals surface area contributed by atoms with E-state index in [-0.39, 0.29) is 6.04 Å². The van der Waals surface area contributed by atoms with E-state index < -0.39 is 0 Å². The van der Waals surface area contributed by atoms with E-state index in [1.165, 1.54) is 11.1 Å². The summed E-state index contributed by atoms with van der Waals surface area (Å²) in [6, 6.07) is 0.249. The number of nitrogens with zero attached hydrogens (tertiary/aromatic N) is 4. The van der Waals surface area contributed by atoms with E-state index in [9.17, 15) is 0 Å². The molecule has 7 nitrogen and oxygen atoms in total. The summed E-state index contributed by atoms with van der Waals surface area (Å²) in [5, 5.41) is 11.4. The molecule has 2 N–H and O–H groups in total. The molecule has 0 unspecified atom stereocenters. The van der Waals surface area contributed by atoms with Gasteiger partial charge in [0, 0.05) is 37.9 Å². The summed E-state index contributed by atoms with van der Waals surface area (Å²) in [7, 11) is 0. The molecule has 0 radical (unpaired) electrons. The molecule has 136 valence electrons. The van der Waals surface area contributed by atoms with E-state index in [0.29, 0.717) is 13.2 Å². The molecule has 3 heterocycles. The molecule has 0 aliphatic carbocycles. The van der Waals surface area contributed by atoms with Crippen molar-refractivity contribution in [2.75, 3.05) is 31.6 Å². The monoisotopic (exact) mass is 344 g/mol. The van der Waals surface area contributed by atoms with Crippen LogP contribution in [0.25, 0.3) is 0 Å². The summed E-state index contributed by atoms with van der Waals surface area (Å²) in [5.74, 6) is 1.70. The van der Waals surface area contributed by atoms with Gasteiger partial charge in [0.15, 0.2) is 5.82 Å². The van der Waals surface area contributed by atoms with Crippen LogP contribution in [-0.2, 0) is 24.2 Å². The van der Waals surface area contributed by atoms with Crippen molar-refractivity contribution in [3.63, 3.8) is 0 Å². The highest BCUT2D eigenvalue weighted by molar-refractivity contribution is 5.47. The van der Waals surface area contributed by atoms with Gasteiger partial charge >= 0.3 is 0 Å². The van der Waals surface area contributed by atoms with Crippen molar-refractivity contribution in [1.29, 1.82) is 0 Å². The molecule has 0 amide bonds. The molecule has 3 rings (SSSR count). The third kappa shape index (κ3) is 4.55. The third-order valence-electron chi connectivity index (χ3n) is 4.41. The van der Waals surface area contributed by atoms with Crippen LogP contribution in [0.1, 0.15) is 42.5 Å². The highest BCUT2D eigenvalue weighted by Crippen LogP contribution is 2.21. The fourth-order valence-corrected chi connectivity index (χ4v) is 3.01. The molecule has 0 fully saturated rings. The van der Waals surface area contributed by atoms with Crippen molar-refractivity contribution in [3.05, 3.63) is 35.0 Å². The minimum absolute atomic E-state index is 0.249. The number of aromatic nitrogens is 4. The highest BCUT2D eigenvalue weighted by atomic mass is 16.5. The molecule has 0 bridgehead atoms. The molecular weight excluding hydrogens is 316 g/mol. The lowest BCUT2D eigenvalue weighted by Crippen LogP contribution is -2.20. The maximum atomic E-state index is 5.51. The molecule has 1 aliphatic heterocycles. The standard InChI is InChI=1S/C18H28N6O/c1-4-25-12-17-22-16-6-8-19-7-5-15(16)18(23-17)20-10-14(3)24-11-13(2)9-21-24/h9,11,14,19H,4-8,10,12H2,1-3H3,(H,20,22,23)/t14-/m0/s1. The molecule has 0 aromatic carbocycles. The van der Waals surface area contributed by atoms with Gasteiger partial charge in [-0.2, -0.15) is 5.10 Å². The van der Waals surface area contributed by atoms with Crippen LogP contribution in [0.2, 0.25) is 0 Å². The third-order valence-corrected chi connectivity index (χ3v) is 4.41. The van der Waals surface area contributed by atoms with Crippen LogP contribution in [0.4, 0.5) is 5.82 Å². The first-order valence-corrected chi connectivity index (χ1v) is 9.09. The second kappa shape index (κ2) is 8.40. The molecular formula is C18H28N6O. The van der Waals surface area contributed by atoms with Gasteiger partial charge in [-0.3, -0.25) is 4.68 Å². The lowest BCUT2D eigenvalue weighted by atomic mass is 10.1. The number of fused-ring (bicyclic) bond motifs is 1. The number of hydrogen-bond acceptors (Lipinski definition) is 6. The fourth-order valence-electron chi connectivity index (χ4n) is 3.01. The predicted octanol–water partition coefficient (Wildman–Crippen LogP) is 1.88. The minimum atomic E-state index is 0.249. The molecule has 0 saturated heterocycles. The summed E-state index contributed by atoms with van der Waals surface area (Å²) in [6.45, 7) is 10.0. The van der Waals surface area contributed by atoms with Gasteiger partial charge in [-0.1, -0.05) is 0 Å². The second-order valence-electron chi connectivity index (χ2n) is 6.53. The van der Waals surface area contributed by atoms with Gasteiger partial charge in [-0.15, -0.1) is 0 Å². The number of aryl methyl sites for hydroxylation is 1. The molecule has 1 atom stereocenters. The van der Waals surface area contributed by atoms with E-state index in [1.807, 2.05) is 17.8 Å². The zero-order valence-corrected chi connectivity index (χ0v) is 15.4. The molecule has 1 aliphatic rings. The Morgan fingerprint density at radius 3 is 2.92 bits per heavy atom. The van der Waals surface area contributed by atoms with E-state index in [2.05, 4.69) is 35.8 Å². The summed E-state index contributed by atoms with van der Waals surface area (Å²) < 4.78 is 7.50. The Bertz CT molecular complexity index is 699. The smallest absolute Gasteiger partial charge is 0.156 e. The van der Waals surface area contributed by atoms with E-state index >= 15 is 0 Å². The number of nitrogens with one attached hydrogen (secondary N) is 2. The summed E-state index contributed by atoms with van der Waals surface area (Å²) in [5.41, 5.74) is 3.54. The van der Waals surface area contributed by atoms with Crippen LogP contribution in [-0.4, -0.2) is 46.0 Å². The first-order valence-electron chi connectivity index (χ1n) is 9.09. The van der Waals surface area contributed by atoms with Gasteiger partial charge in [0.05, 0.1) is 17.9 Å². The SMILES string of the molecule is CCOCc1nc2c(c(NC[C@H](C)n3cc(C)cn3)n1)CCNCC2. The maximum Gasteiger partial charge on any atom is 0.156 e. The average Bonchev–Trinajstić information content (AvgIpc) is 2.91. The summed E-state index contributed by atoms with van der Waals surface area (Å²) in [4.78, 5) is 9.46. The van der Waals surface area contributed by atoms with Crippen LogP contribution in [0.15, 0.2) is 12.4 Å². The normalized spacial score (nSPS) is 15.5. The highest BCUT2D eigenvalue weighted by Gasteiger charge is 2.17. The van der Waals surface area contributed by atoms with Crippen molar-refractivity contribution in [2.45, 2.75) is 46.3 Å². The van der Waals surface area contributed by atoms with Crippen molar-refractivity contribution in [3.8, 4) is 0 Å². The molecule has 0 spiro atoms. The summed E-state index contributed by atoms with van der Waals surface area (Å²) >= 11 is 0. The van der Waals surface area contributed by atoms with Crippen molar-refractivity contribution in [1.82, 2.24) is 25.1 Å². The lowest BCUT2D eigenvalue weighted by molar-refractivity contribution is 0.128. The quantitative estimate of drug-likeness (QED) is 0.799. The van der Waals surface area contributed by atoms with Gasteiger partial charge in [0.25, 0.3) is 0 Å². The van der Waals surface area contributed by atoms with Crippen molar-refractivity contribution >= 4 is 5.82 Å². The van der Waals surface area contributed by atoms with Crippen LogP contribution in [0, 0.1) is 6.92 Å². The van der Waals surface area contributed by atoms with Crippen LogP contribution in [0.5, 0.6) is 0 Å². The zero-order valence-electron chi connectivity index (χ0n) is 15.4. The average molecular weight is 344 g/mol. The van der Waals surface area contributed by atoms with Gasteiger partial charge in [-0.25, -0.2) is 9.97 Å². The maximum absolute atomic E-state index is 5.51. The minimum Gasteiger partial charge on any atom is -0.374 e. The molecule has 2 aromatic heterocycles. The van der Waals surface area contributed by atoms with Crippen LogP contribution < -0.4 is 10.6 Å². The van der Waals surface area contributed by atoms with Crippen LogP contribution >= 0.6 is 0 Å². The molecule has 2 aromatic rings. The first-order chi connectivity index (χ1) is 12.2. The molecule has 7 heteroatoms. The number of anilines is 1. The fraction of sp³-hybridized carbons (Fsp3) is 0.611. The Morgan fingerprint density at radius 1 is 1.32 bits per heavy atom.